The Bertz CT molecular complexity index is 851. The van der Waals surface area contributed by atoms with Crippen molar-refractivity contribution in [3.05, 3.63) is 59.2 Å². The van der Waals surface area contributed by atoms with Crippen LogP contribution in [0.3, 0.4) is 0 Å². The molecule has 2 N–H and O–H groups in total. The maximum Gasteiger partial charge on any atom is 0.311 e. The van der Waals surface area contributed by atoms with E-state index in [1.165, 1.54) is 0 Å². The molecule has 0 fully saturated rings. The number of carboxylic acid groups (broad SMARTS) is 1. The molecule has 2 aromatic rings. The number of phenols is 1. The molecule has 142 valence electrons. The van der Waals surface area contributed by atoms with Crippen LogP contribution in [0.25, 0.3) is 11.6 Å². The Morgan fingerprint density at radius 3 is 2.37 bits per heavy atom. The van der Waals surface area contributed by atoms with E-state index in [0.717, 1.165) is 11.1 Å². The fourth-order valence-electron chi connectivity index (χ4n) is 2.80. The number of aliphatic carboxylic acids is 1. The molecule has 0 atom stereocenters. The Balaban J connectivity index is 2.36. The zero-order chi connectivity index (χ0) is 20.0. The minimum Gasteiger partial charge on any atom is -0.507 e. The predicted molar refractivity (Wildman–Crippen MR) is 105 cm³/mol. The Hall–Kier alpha value is -3.08. The van der Waals surface area contributed by atoms with Crippen LogP contribution in [-0.4, -0.2) is 22.2 Å². The van der Waals surface area contributed by atoms with Crippen molar-refractivity contribution in [2.24, 2.45) is 0 Å². The molecule has 0 heterocycles. The molecule has 0 aromatic heterocycles. The molecule has 0 radical (unpaired) electrons. The van der Waals surface area contributed by atoms with Crippen LogP contribution in [0, 0.1) is 0 Å². The zero-order valence-electron chi connectivity index (χ0n) is 15.7. The number of carbonyl (C=O) groups is 2. The third kappa shape index (κ3) is 5.71. The number of carbonyl (C=O) groups excluding carboxylic acids is 1. The molecule has 5 nitrogen and oxygen atoms in total. The van der Waals surface area contributed by atoms with Crippen molar-refractivity contribution in [1.29, 1.82) is 0 Å². The van der Waals surface area contributed by atoms with E-state index in [9.17, 15) is 14.7 Å². The lowest BCUT2D eigenvalue weighted by Gasteiger charge is -2.16. The number of allylic oxidation sites excluding steroid dienone is 1. The lowest BCUT2D eigenvalue weighted by atomic mass is 9.97. The highest BCUT2D eigenvalue weighted by Gasteiger charge is 2.18. The van der Waals surface area contributed by atoms with Gasteiger partial charge >= 0.3 is 11.9 Å². The van der Waals surface area contributed by atoms with Gasteiger partial charge in [-0.05, 0) is 41.7 Å². The summed E-state index contributed by atoms with van der Waals surface area (Å²) in [6, 6.07) is 13.1. The lowest BCUT2D eigenvalue weighted by molar-refractivity contribution is -0.142. The van der Waals surface area contributed by atoms with E-state index in [4.69, 9.17) is 9.84 Å². The van der Waals surface area contributed by atoms with E-state index in [-0.39, 0.29) is 30.3 Å². The van der Waals surface area contributed by atoms with Crippen molar-refractivity contribution in [1.82, 2.24) is 0 Å². The van der Waals surface area contributed by atoms with E-state index in [1.54, 1.807) is 12.1 Å². The van der Waals surface area contributed by atoms with Crippen molar-refractivity contribution in [3.63, 3.8) is 0 Å². The first-order valence-electron chi connectivity index (χ1n) is 8.81. The summed E-state index contributed by atoms with van der Waals surface area (Å²) in [5.41, 5.74) is 3.26. The number of esters is 1. The molecule has 0 aliphatic rings. The van der Waals surface area contributed by atoms with Crippen molar-refractivity contribution < 1.29 is 24.5 Å². The third-order valence-corrected chi connectivity index (χ3v) is 4.10. The van der Waals surface area contributed by atoms with Gasteiger partial charge in [0.2, 0.25) is 0 Å². The van der Waals surface area contributed by atoms with Gasteiger partial charge in [-0.25, -0.2) is 0 Å². The van der Waals surface area contributed by atoms with Crippen molar-refractivity contribution >= 4 is 23.6 Å². The van der Waals surface area contributed by atoms with Crippen LogP contribution in [0.15, 0.2) is 42.5 Å². The molecule has 27 heavy (non-hydrogen) atoms. The second-order valence-corrected chi connectivity index (χ2v) is 6.67. The minimum atomic E-state index is -1.06. The summed E-state index contributed by atoms with van der Waals surface area (Å²) in [4.78, 5) is 22.6. The quantitative estimate of drug-likeness (QED) is 0.415. The molecule has 0 saturated carbocycles. The van der Waals surface area contributed by atoms with Gasteiger partial charge in [0, 0.05) is 5.56 Å². The van der Waals surface area contributed by atoms with Gasteiger partial charge in [0.15, 0.2) is 0 Å². The predicted octanol–water partition coefficient (Wildman–Crippen LogP) is 4.85. The fourth-order valence-corrected chi connectivity index (χ4v) is 2.80. The molecule has 0 aliphatic heterocycles. The van der Waals surface area contributed by atoms with Crippen molar-refractivity contribution in [2.75, 3.05) is 0 Å². The molecule has 0 spiro atoms. The molecule has 2 rings (SSSR count). The lowest BCUT2D eigenvalue weighted by Crippen LogP contribution is -2.12. The van der Waals surface area contributed by atoms with Gasteiger partial charge in [-0.1, -0.05) is 50.3 Å². The number of phenolic OH excluding ortho intramolecular Hbond substituents is 1. The molecule has 0 amide bonds. The highest BCUT2D eigenvalue weighted by Crippen LogP contribution is 2.37. The highest BCUT2D eigenvalue weighted by atomic mass is 16.5. The standard InChI is InChI=1S/C22H24O5/c1-14(2)22-18(23)12-16(11-15(3)17-7-5-4-6-8-17)13-19(22)27-21(26)10-9-20(24)25/h4-8,11-14,23H,9-10H2,1-3H3,(H,24,25). The Morgan fingerprint density at radius 1 is 1.11 bits per heavy atom. The van der Waals surface area contributed by atoms with E-state index < -0.39 is 11.9 Å². The van der Waals surface area contributed by atoms with Gasteiger partial charge in [-0.2, -0.15) is 0 Å². The molecule has 5 heteroatoms. The molecule has 0 aliphatic carbocycles. The van der Waals surface area contributed by atoms with Crippen LogP contribution in [0.5, 0.6) is 11.5 Å². The summed E-state index contributed by atoms with van der Waals surface area (Å²) in [5.74, 6) is -1.47. The van der Waals surface area contributed by atoms with Crippen molar-refractivity contribution in [2.45, 2.75) is 39.5 Å². The van der Waals surface area contributed by atoms with Crippen LogP contribution >= 0.6 is 0 Å². The average molecular weight is 368 g/mol. The first-order valence-corrected chi connectivity index (χ1v) is 8.81. The van der Waals surface area contributed by atoms with Gasteiger partial charge < -0.3 is 14.9 Å². The van der Waals surface area contributed by atoms with Crippen LogP contribution in [0.2, 0.25) is 0 Å². The van der Waals surface area contributed by atoms with Crippen molar-refractivity contribution in [3.8, 4) is 11.5 Å². The molecule has 2 aromatic carbocycles. The van der Waals surface area contributed by atoms with Gasteiger partial charge in [0.25, 0.3) is 0 Å². The highest BCUT2D eigenvalue weighted by molar-refractivity contribution is 5.82. The number of carboxylic acids is 1. The third-order valence-electron chi connectivity index (χ3n) is 4.10. The Kier molecular flexibility index (Phi) is 6.77. The second kappa shape index (κ2) is 9.03. The summed E-state index contributed by atoms with van der Waals surface area (Å²) < 4.78 is 5.37. The topological polar surface area (TPSA) is 83.8 Å². The Labute approximate surface area is 158 Å². The normalized spacial score (nSPS) is 11.5. The van der Waals surface area contributed by atoms with Gasteiger partial charge in [-0.3, -0.25) is 9.59 Å². The summed E-state index contributed by atoms with van der Waals surface area (Å²) in [5, 5.41) is 19.2. The first-order chi connectivity index (χ1) is 12.8. The van der Waals surface area contributed by atoms with E-state index >= 15 is 0 Å². The number of hydrogen-bond acceptors (Lipinski definition) is 4. The molecule has 0 bridgehead atoms. The first kappa shape index (κ1) is 20.2. The monoisotopic (exact) mass is 368 g/mol. The fraction of sp³-hybridized carbons (Fsp3) is 0.273. The number of hydrogen-bond donors (Lipinski definition) is 2. The van der Waals surface area contributed by atoms with Gasteiger partial charge in [-0.15, -0.1) is 0 Å². The summed E-state index contributed by atoms with van der Waals surface area (Å²) >= 11 is 0. The van der Waals surface area contributed by atoms with Crippen LogP contribution < -0.4 is 4.74 Å². The maximum absolute atomic E-state index is 12.0. The summed E-state index contributed by atoms with van der Waals surface area (Å²) in [6.45, 7) is 5.73. The summed E-state index contributed by atoms with van der Waals surface area (Å²) in [7, 11) is 0. The maximum atomic E-state index is 12.0. The van der Waals surface area contributed by atoms with E-state index in [1.807, 2.05) is 57.2 Å². The van der Waals surface area contributed by atoms with Crippen LogP contribution in [-0.2, 0) is 9.59 Å². The molecule has 0 saturated heterocycles. The van der Waals surface area contributed by atoms with Gasteiger partial charge in [0.1, 0.15) is 11.5 Å². The number of ether oxygens (including phenoxy) is 1. The van der Waals surface area contributed by atoms with E-state index in [2.05, 4.69) is 0 Å². The van der Waals surface area contributed by atoms with Crippen LogP contribution in [0.4, 0.5) is 0 Å². The molecule has 0 unspecified atom stereocenters. The smallest absolute Gasteiger partial charge is 0.311 e. The average Bonchev–Trinajstić information content (AvgIpc) is 2.60. The van der Waals surface area contributed by atoms with Gasteiger partial charge in [0.05, 0.1) is 12.8 Å². The molecular weight excluding hydrogens is 344 g/mol. The van der Waals surface area contributed by atoms with Crippen LogP contribution in [0.1, 0.15) is 56.2 Å². The van der Waals surface area contributed by atoms with E-state index in [0.29, 0.717) is 11.1 Å². The minimum absolute atomic E-state index is 0.0423. The molecular formula is C22H24O5. The summed E-state index contributed by atoms with van der Waals surface area (Å²) in [6.07, 6.45) is 1.37. The number of aromatic hydroxyl groups is 1. The zero-order valence-corrected chi connectivity index (χ0v) is 15.7. The Morgan fingerprint density at radius 2 is 1.78 bits per heavy atom. The largest absolute Gasteiger partial charge is 0.507 e. The second-order valence-electron chi connectivity index (χ2n) is 6.67. The number of rotatable bonds is 7. The number of benzene rings is 2. The SMILES string of the molecule is CC(=Cc1cc(O)c(C(C)C)c(OC(=O)CCC(=O)O)c1)c1ccccc1.